The third kappa shape index (κ3) is 3.97. The van der Waals surface area contributed by atoms with Gasteiger partial charge in [-0.05, 0) is 68.4 Å². The molecule has 0 aromatic carbocycles. The molecule has 8 rings (SSSR count). The minimum atomic E-state index is -0.837. The van der Waals surface area contributed by atoms with E-state index in [1.54, 1.807) is 17.5 Å². The van der Waals surface area contributed by atoms with E-state index in [1.165, 1.54) is 11.1 Å². The van der Waals surface area contributed by atoms with Crippen molar-refractivity contribution < 1.29 is 14.3 Å². The van der Waals surface area contributed by atoms with E-state index in [2.05, 4.69) is 30.2 Å². The normalized spacial score (nSPS) is 25.0. The van der Waals surface area contributed by atoms with Crippen LogP contribution in [0.15, 0.2) is 24.5 Å². The Morgan fingerprint density at radius 1 is 1.11 bits per heavy atom. The van der Waals surface area contributed by atoms with Crippen LogP contribution >= 0.6 is 22.9 Å². The van der Waals surface area contributed by atoms with Gasteiger partial charge in [-0.2, -0.15) is 0 Å². The first kappa shape index (κ1) is 23.0. The maximum absolute atomic E-state index is 16.1. The van der Waals surface area contributed by atoms with E-state index in [1.807, 2.05) is 12.1 Å². The molecule has 0 amide bonds. The fraction of sp³-hybridized carbons (Fsp3) is 0.423. The van der Waals surface area contributed by atoms with Crippen molar-refractivity contribution in [2.75, 3.05) is 5.32 Å². The van der Waals surface area contributed by atoms with Gasteiger partial charge < -0.3 is 15.4 Å². The van der Waals surface area contributed by atoms with Crippen LogP contribution in [0.2, 0.25) is 5.15 Å². The molecule has 190 valence electrons. The van der Waals surface area contributed by atoms with Crippen molar-refractivity contribution in [1.29, 1.82) is 0 Å². The minimum Gasteiger partial charge on any atom is -0.481 e. The van der Waals surface area contributed by atoms with E-state index in [-0.39, 0.29) is 34.3 Å². The highest BCUT2D eigenvalue weighted by atomic mass is 35.5. The van der Waals surface area contributed by atoms with Crippen molar-refractivity contribution in [1.82, 2.24) is 24.9 Å². The first-order valence-corrected chi connectivity index (χ1v) is 13.8. The zero-order valence-electron chi connectivity index (χ0n) is 19.7. The number of aromatic nitrogens is 5. The van der Waals surface area contributed by atoms with Gasteiger partial charge in [-0.15, -0.1) is 11.3 Å². The van der Waals surface area contributed by atoms with Crippen LogP contribution in [0.5, 0.6) is 0 Å². The fourth-order valence-electron chi connectivity index (χ4n) is 6.10. The Bertz CT molecular complexity index is 1530. The maximum Gasteiger partial charge on any atom is 0.308 e. The molecule has 8 nitrogen and oxygen atoms in total. The molecule has 0 aliphatic heterocycles. The number of anilines is 1. The summed E-state index contributed by atoms with van der Waals surface area (Å²) >= 11 is 7.66. The molecule has 0 spiro atoms. The zero-order valence-corrected chi connectivity index (χ0v) is 21.3. The number of nitrogens with zero attached hydrogens (tertiary/aromatic N) is 4. The number of aromatic amines is 1. The number of H-pyrrole nitrogens is 1. The molecule has 2 bridgehead atoms. The van der Waals surface area contributed by atoms with E-state index >= 15 is 4.39 Å². The van der Waals surface area contributed by atoms with Crippen molar-refractivity contribution in [3.63, 3.8) is 0 Å². The second kappa shape index (κ2) is 8.73. The van der Waals surface area contributed by atoms with Crippen molar-refractivity contribution in [2.45, 2.75) is 50.5 Å². The summed E-state index contributed by atoms with van der Waals surface area (Å²) in [7, 11) is 0. The Morgan fingerprint density at radius 3 is 2.65 bits per heavy atom. The third-order valence-corrected chi connectivity index (χ3v) is 9.53. The Kier molecular flexibility index (Phi) is 5.44. The van der Waals surface area contributed by atoms with Crippen LogP contribution in [-0.2, 0) is 4.79 Å². The number of thiophene rings is 1. The predicted molar refractivity (Wildman–Crippen MR) is 139 cm³/mol. The van der Waals surface area contributed by atoms with Crippen molar-refractivity contribution >= 4 is 45.9 Å². The number of aliphatic carboxylic acids is 1. The van der Waals surface area contributed by atoms with E-state index in [9.17, 15) is 9.90 Å². The number of rotatable bonds is 6. The number of hydrogen-bond acceptors (Lipinski definition) is 7. The van der Waals surface area contributed by atoms with Crippen molar-refractivity contribution in [2.24, 2.45) is 17.8 Å². The van der Waals surface area contributed by atoms with Gasteiger partial charge in [0, 0.05) is 17.1 Å². The lowest BCUT2D eigenvalue weighted by Crippen LogP contribution is -2.51. The maximum atomic E-state index is 16.1. The average Bonchev–Trinajstić information content (AvgIpc) is 3.48. The molecule has 4 heterocycles. The van der Waals surface area contributed by atoms with Crippen molar-refractivity contribution in [3.8, 4) is 22.0 Å². The molecule has 3 N–H and O–H groups in total. The molecule has 0 radical (unpaired) electrons. The summed E-state index contributed by atoms with van der Waals surface area (Å²) in [5.41, 5.74) is 1.75. The van der Waals surface area contributed by atoms with E-state index in [0.29, 0.717) is 22.6 Å². The molecule has 4 fully saturated rings. The van der Waals surface area contributed by atoms with Gasteiger partial charge in [-0.3, -0.25) is 4.79 Å². The van der Waals surface area contributed by atoms with E-state index in [4.69, 9.17) is 11.6 Å². The number of halogens is 2. The second-order valence-electron chi connectivity index (χ2n) is 10.3. The highest BCUT2D eigenvalue weighted by molar-refractivity contribution is 7.15. The second-order valence-corrected chi connectivity index (χ2v) is 11.8. The highest BCUT2D eigenvalue weighted by Gasteiger charge is 2.47. The first-order valence-electron chi connectivity index (χ1n) is 12.6. The van der Waals surface area contributed by atoms with E-state index in [0.717, 1.165) is 43.4 Å². The van der Waals surface area contributed by atoms with Gasteiger partial charge in [0.1, 0.15) is 16.4 Å². The van der Waals surface area contributed by atoms with Gasteiger partial charge in [0.05, 0.1) is 22.6 Å². The molecule has 4 aromatic heterocycles. The molecular weight excluding hydrogens is 515 g/mol. The van der Waals surface area contributed by atoms with Gasteiger partial charge in [0.25, 0.3) is 0 Å². The van der Waals surface area contributed by atoms with Crippen molar-refractivity contribution in [3.05, 3.63) is 40.4 Å². The lowest BCUT2D eigenvalue weighted by Gasteiger charge is -2.47. The number of nitrogens with one attached hydrogen (secondary N) is 2. The number of hydrogen-bond donors (Lipinski definition) is 3. The van der Waals surface area contributed by atoms with Crippen LogP contribution in [0.25, 0.3) is 33.1 Å². The molecular formula is C26H24ClFN6O2S. The number of carbonyl (C=O) groups is 1. The third-order valence-electron chi connectivity index (χ3n) is 8.09. The molecule has 2 atom stereocenters. The Hall–Kier alpha value is -3.11. The number of fused-ring (bicyclic) bond motifs is 4. The summed E-state index contributed by atoms with van der Waals surface area (Å²) in [5.74, 6) is -0.888. The first-order chi connectivity index (χ1) is 18.0. The SMILES string of the molecule is O=C(O)[C@@H]1C2CCC(CC2)[C@H]1Nc1nc(-c2c[nH]c3ncc(Cl)nc23)nc(-c2ccc(C3CC3)s2)c1F. The van der Waals surface area contributed by atoms with Crippen LogP contribution in [0.3, 0.4) is 0 Å². The summed E-state index contributed by atoms with van der Waals surface area (Å²) in [6.45, 7) is 0. The molecule has 4 aromatic rings. The van der Waals surface area contributed by atoms with Crippen LogP contribution in [0.4, 0.5) is 10.2 Å². The Morgan fingerprint density at radius 2 is 1.89 bits per heavy atom. The van der Waals surface area contributed by atoms with Crippen LogP contribution in [0.1, 0.15) is 49.3 Å². The topological polar surface area (TPSA) is 117 Å². The summed E-state index contributed by atoms with van der Waals surface area (Å²) in [5, 5.41) is 13.5. The van der Waals surface area contributed by atoms with Crippen LogP contribution < -0.4 is 5.32 Å². The Balaban J connectivity index is 1.36. The van der Waals surface area contributed by atoms with Gasteiger partial charge >= 0.3 is 5.97 Å². The lowest BCUT2D eigenvalue weighted by atomic mass is 9.61. The summed E-state index contributed by atoms with van der Waals surface area (Å²) in [6.07, 6.45) is 9.11. The smallest absolute Gasteiger partial charge is 0.308 e. The largest absolute Gasteiger partial charge is 0.481 e. The molecule has 4 saturated carbocycles. The molecule has 37 heavy (non-hydrogen) atoms. The van der Waals surface area contributed by atoms with Gasteiger partial charge in [-0.25, -0.2) is 24.3 Å². The van der Waals surface area contributed by atoms with Crippen LogP contribution in [0, 0.1) is 23.6 Å². The monoisotopic (exact) mass is 538 g/mol. The van der Waals surface area contributed by atoms with E-state index < -0.39 is 23.7 Å². The molecule has 11 heteroatoms. The standard InChI is InChI=1S/C26H24ClFN6O2S/c27-17-10-30-25-21(31-17)14(9-29-25)23-33-22(16-8-7-15(37-16)11-1-2-11)19(28)24(34-23)32-20-13-5-3-12(4-6-13)18(20)26(35)36/h7-13,18,20H,1-6H2,(H,29,30)(H,35,36)(H,32,33,34)/t12?,13?,18-,20-/m1/s1. The lowest BCUT2D eigenvalue weighted by molar-refractivity contribution is -0.148. The number of carboxylic acids is 1. The predicted octanol–water partition coefficient (Wildman–Crippen LogP) is 6.11. The molecule has 4 aliphatic carbocycles. The average molecular weight is 539 g/mol. The molecule has 4 aliphatic rings. The highest BCUT2D eigenvalue weighted by Crippen LogP contribution is 2.48. The molecule has 0 unspecified atom stereocenters. The molecule has 0 saturated heterocycles. The van der Waals surface area contributed by atoms with Gasteiger partial charge in [-0.1, -0.05) is 11.6 Å². The summed E-state index contributed by atoms with van der Waals surface area (Å²) in [6, 6.07) is 3.56. The summed E-state index contributed by atoms with van der Waals surface area (Å²) in [4.78, 5) is 35.1. The van der Waals surface area contributed by atoms with Gasteiger partial charge in [0.2, 0.25) is 0 Å². The minimum absolute atomic E-state index is 0.0227. The van der Waals surface area contributed by atoms with Gasteiger partial charge in [0.15, 0.2) is 23.1 Å². The fourth-order valence-corrected chi connectivity index (χ4v) is 7.40. The number of carboxylic acid groups (broad SMARTS) is 1. The summed E-state index contributed by atoms with van der Waals surface area (Å²) < 4.78 is 16.1. The quantitative estimate of drug-likeness (QED) is 0.271. The zero-order chi connectivity index (χ0) is 25.3. The van der Waals surface area contributed by atoms with Crippen LogP contribution in [-0.4, -0.2) is 42.0 Å². The Labute approximate surface area is 220 Å².